The third-order valence-corrected chi connectivity index (χ3v) is 4.34. The van der Waals surface area contributed by atoms with Gasteiger partial charge in [0.1, 0.15) is 5.75 Å². The summed E-state index contributed by atoms with van der Waals surface area (Å²) in [5, 5.41) is 0. The largest absolute Gasteiger partial charge is 0.495 e. The number of methoxy groups -OCH3 is 1. The van der Waals surface area contributed by atoms with Gasteiger partial charge in [-0.2, -0.15) is 0 Å². The zero-order valence-corrected chi connectivity index (χ0v) is 11.3. The van der Waals surface area contributed by atoms with E-state index in [1.165, 1.54) is 5.56 Å². The molecule has 2 N–H and O–H groups in total. The molecule has 3 rings (SSSR count). The summed E-state index contributed by atoms with van der Waals surface area (Å²) in [4.78, 5) is 14.6. The number of anilines is 1. The number of carbonyl (C=O) groups is 1. The van der Waals surface area contributed by atoms with Gasteiger partial charge >= 0.3 is 0 Å². The summed E-state index contributed by atoms with van der Waals surface area (Å²) in [6.07, 6.45) is 3.85. The van der Waals surface area contributed by atoms with E-state index in [9.17, 15) is 4.79 Å². The first-order valence-corrected chi connectivity index (χ1v) is 6.90. The molecule has 1 aromatic carbocycles. The number of nitrogens with two attached hydrogens (primary N) is 1. The highest BCUT2D eigenvalue weighted by molar-refractivity contribution is 6.01. The first-order chi connectivity index (χ1) is 9.22. The van der Waals surface area contributed by atoms with Crippen LogP contribution in [0.4, 0.5) is 5.69 Å². The number of ether oxygens (including phenoxy) is 1. The number of hydrogen-bond acceptors (Lipinski definition) is 3. The van der Waals surface area contributed by atoms with Gasteiger partial charge in [0, 0.05) is 13.1 Å². The fourth-order valence-corrected chi connectivity index (χ4v) is 2.93. The Kier molecular flexibility index (Phi) is 2.97. The molecule has 1 aliphatic heterocycles. The lowest BCUT2D eigenvalue weighted by molar-refractivity contribution is -0.123. The number of para-hydroxylation sites is 1. The quantitative estimate of drug-likeness (QED) is 0.900. The van der Waals surface area contributed by atoms with Crippen LogP contribution in [0.2, 0.25) is 0 Å². The molecule has 0 spiro atoms. The molecule has 0 radical (unpaired) electrons. The van der Waals surface area contributed by atoms with Crippen molar-refractivity contribution in [1.29, 1.82) is 0 Å². The highest BCUT2D eigenvalue weighted by Crippen LogP contribution is 2.48. The highest BCUT2D eigenvalue weighted by Gasteiger charge is 2.51. The third kappa shape index (κ3) is 1.91. The van der Waals surface area contributed by atoms with Crippen LogP contribution in [0.3, 0.4) is 0 Å². The molecule has 0 atom stereocenters. The molecule has 4 heteroatoms. The molecule has 0 unspecified atom stereocenters. The van der Waals surface area contributed by atoms with Crippen LogP contribution in [0.5, 0.6) is 5.75 Å². The van der Waals surface area contributed by atoms with Crippen molar-refractivity contribution >= 4 is 11.6 Å². The molecule has 102 valence electrons. The van der Waals surface area contributed by atoms with Crippen LogP contribution < -0.4 is 15.4 Å². The van der Waals surface area contributed by atoms with Gasteiger partial charge in [-0.15, -0.1) is 0 Å². The molecule has 1 fully saturated rings. The molecular weight excluding hydrogens is 240 g/mol. The molecule has 0 aromatic heterocycles. The molecule has 1 aliphatic carbocycles. The molecule has 1 aromatic rings. The van der Waals surface area contributed by atoms with Crippen LogP contribution in [0.15, 0.2) is 18.2 Å². The number of amides is 1. The van der Waals surface area contributed by atoms with E-state index in [-0.39, 0.29) is 11.3 Å². The standard InChI is InChI=1S/C15H20N2O2/c1-19-12-6-2-4-11-5-3-9-17(13(11)12)14(18)15(10-16)7-8-15/h2,4,6H,3,5,7-10,16H2,1H3. The van der Waals surface area contributed by atoms with Crippen molar-refractivity contribution in [2.24, 2.45) is 11.1 Å². The van der Waals surface area contributed by atoms with Gasteiger partial charge in [0.05, 0.1) is 18.2 Å². The van der Waals surface area contributed by atoms with Gasteiger partial charge in [-0.05, 0) is 37.3 Å². The maximum Gasteiger partial charge on any atom is 0.234 e. The van der Waals surface area contributed by atoms with Gasteiger partial charge in [-0.3, -0.25) is 4.79 Å². The summed E-state index contributed by atoms with van der Waals surface area (Å²) in [5.74, 6) is 0.971. The predicted molar refractivity (Wildman–Crippen MR) is 74.4 cm³/mol. The highest BCUT2D eigenvalue weighted by atomic mass is 16.5. The van der Waals surface area contributed by atoms with Gasteiger partial charge in [0.2, 0.25) is 5.91 Å². The maximum absolute atomic E-state index is 12.7. The minimum Gasteiger partial charge on any atom is -0.495 e. The Balaban J connectivity index is 2.00. The Labute approximate surface area is 113 Å². The van der Waals surface area contributed by atoms with Crippen LogP contribution in [0.25, 0.3) is 0 Å². The summed E-state index contributed by atoms with van der Waals surface area (Å²) in [7, 11) is 1.66. The molecular formula is C15H20N2O2. The van der Waals surface area contributed by atoms with Crippen molar-refractivity contribution in [2.75, 3.05) is 25.1 Å². The van der Waals surface area contributed by atoms with E-state index in [0.717, 1.165) is 43.7 Å². The van der Waals surface area contributed by atoms with E-state index in [1.807, 2.05) is 17.0 Å². The summed E-state index contributed by atoms with van der Waals surface area (Å²) in [5.41, 5.74) is 7.65. The predicted octanol–water partition coefficient (Wildman–Crippen LogP) is 1.71. The smallest absolute Gasteiger partial charge is 0.234 e. The Bertz CT molecular complexity index is 495. The van der Waals surface area contributed by atoms with Crippen LogP contribution in [-0.2, 0) is 11.2 Å². The SMILES string of the molecule is COc1cccc2c1N(C(=O)C1(CN)CC1)CCC2. The van der Waals surface area contributed by atoms with Crippen LogP contribution in [0.1, 0.15) is 24.8 Å². The molecule has 0 saturated heterocycles. The number of fused-ring (bicyclic) bond motifs is 1. The van der Waals surface area contributed by atoms with Gasteiger partial charge in [0.25, 0.3) is 0 Å². The van der Waals surface area contributed by atoms with Crippen molar-refractivity contribution in [1.82, 2.24) is 0 Å². The molecule has 0 bridgehead atoms. The minimum atomic E-state index is -0.296. The van der Waals surface area contributed by atoms with Crippen LogP contribution in [0, 0.1) is 5.41 Å². The Morgan fingerprint density at radius 3 is 2.89 bits per heavy atom. The lowest BCUT2D eigenvalue weighted by Crippen LogP contribution is -2.43. The fraction of sp³-hybridized carbons (Fsp3) is 0.533. The van der Waals surface area contributed by atoms with Gasteiger partial charge in [-0.25, -0.2) is 0 Å². The number of aryl methyl sites for hydroxylation is 1. The van der Waals surface area contributed by atoms with E-state index >= 15 is 0 Å². The first-order valence-electron chi connectivity index (χ1n) is 6.90. The summed E-state index contributed by atoms with van der Waals surface area (Å²) in [6, 6.07) is 5.99. The van der Waals surface area contributed by atoms with E-state index in [4.69, 9.17) is 10.5 Å². The molecule has 1 heterocycles. The van der Waals surface area contributed by atoms with Crippen molar-refractivity contribution in [3.63, 3.8) is 0 Å². The first kappa shape index (κ1) is 12.5. The van der Waals surface area contributed by atoms with Crippen molar-refractivity contribution in [2.45, 2.75) is 25.7 Å². The molecule has 1 saturated carbocycles. The monoisotopic (exact) mass is 260 g/mol. The number of carbonyl (C=O) groups excluding carboxylic acids is 1. The summed E-state index contributed by atoms with van der Waals surface area (Å²) < 4.78 is 5.43. The Morgan fingerprint density at radius 2 is 2.26 bits per heavy atom. The average molecular weight is 260 g/mol. The zero-order valence-electron chi connectivity index (χ0n) is 11.3. The summed E-state index contributed by atoms with van der Waals surface area (Å²) >= 11 is 0. The van der Waals surface area contributed by atoms with Gasteiger partial charge < -0.3 is 15.4 Å². The molecule has 19 heavy (non-hydrogen) atoms. The van der Waals surface area contributed by atoms with Crippen molar-refractivity contribution in [3.05, 3.63) is 23.8 Å². The van der Waals surface area contributed by atoms with Gasteiger partial charge in [-0.1, -0.05) is 12.1 Å². The van der Waals surface area contributed by atoms with Crippen molar-refractivity contribution < 1.29 is 9.53 Å². The number of benzene rings is 1. The molecule has 2 aliphatic rings. The zero-order chi connectivity index (χ0) is 13.5. The van der Waals surface area contributed by atoms with E-state index in [1.54, 1.807) is 7.11 Å². The topological polar surface area (TPSA) is 55.6 Å². The van der Waals surface area contributed by atoms with Crippen LogP contribution >= 0.6 is 0 Å². The minimum absolute atomic E-state index is 0.181. The lowest BCUT2D eigenvalue weighted by atomic mass is 9.97. The number of nitrogens with zero attached hydrogens (tertiary/aromatic N) is 1. The van der Waals surface area contributed by atoms with Crippen LogP contribution in [-0.4, -0.2) is 26.1 Å². The third-order valence-electron chi connectivity index (χ3n) is 4.34. The van der Waals surface area contributed by atoms with E-state index in [0.29, 0.717) is 6.54 Å². The molecule has 4 nitrogen and oxygen atoms in total. The number of rotatable bonds is 3. The van der Waals surface area contributed by atoms with Gasteiger partial charge in [0.15, 0.2) is 0 Å². The summed E-state index contributed by atoms with van der Waals surface area (Å²) in [6.45, 7) is 1.22. The van der Waals surface area contributed by atoms with E-state index in [2.05, 4.69) is 6.07 Å². The lowest BCUT2D eigenvalue weighted by Gasteiger charge is -2.33. The second kappa shape index (κ2) is 4.53. The van der Waals surface area contributed by atoms with E-state index < -0.39 is 0 Å². The average Bonchev–Trinajstić information content (AvgIpc) is 3.26. The second-order valence-electron chi connectivity index (χ2n) is 5.51. The maximum atomic E-state index is 12.7. The fourth-order valence-electron chi connectivity index (χ4n) is 2.93. The molecule has 1 amide bonds. The Morgan fingerprint density at radius 1 is 1.47 bits per heavy atom. The number of hydrogen-bond donors (Lipinski definition) is 1. The second-order valence-corrected chi connectivity index (χ2v) is 5.51. The Hall–Kier alpha value is -1.55. The normalized spacial score (nSPS) is 19.8. The van der Waals surface area contributed by atoms with Crippen molar-refractivity contribution in [3.8, 4) is 5.75 Å².